The number of thioether (sulfide) groups is 1. The molecule has 6 nitrogen and oxygen atoms in total. The third-order valence-electron chi connectivity index (χ3n) is 4.96. The summed E-state index contributed by atoms with van der Waals surface area (Å²) in [6, 6.07) is 23.8. The highest BCUT2D eigenvalue weighted by atomic mass is 32.2. The van der Waals surface area contributed by atoms with Crippen LogP contribution in [0.2, 0.25) is 0 Å². The molecule has 1 N–H and O–H groups in total. The molecule has 0 atom stereocenters. The number of nitrogens with zero attached hydrogens (tertiary/aromatic N) is 2. The van der Waals surface area contributed by atoms with Gasteiger partial charge >= 0.3 is 5.97 Å². The Morgan fingerprint density at radius 2 is 1.82 bits per heavy atom. The van der Waals surface area contributed by atoms with E-state index in [4.69, 9.17) is 4.74 Å². The minimum atomic E-state index is -1.02. The maximum Gasteiger partial charge on any atom is 0.335 e. The summed E-state index contributed by atoms with van der Waals surface area (Å²) in [4.78, 5) is 30.9. The van der Waals surface area contributed by atoms with Gasteiger partial charge in [-0.3, -0.25) is 9.69 Å². The SMILES string of the molecule is CCN1C(=O)/C(=C/c2ccccc2OCc2ccccc2)SC1=Nc1cccc(C(=O)O)c1. The summed E-state index contributed by atoms with van der Waals surface area (Å²) in [6.45, 7) is 2.75. The van der Waals surface area contributed by atoms with E-state index >= 15 is 0 Å². The highest BCUT2D eigenvalue weighted by Gasteiger charge is 2.32. The van der Waals surface area contributed by atoms with Crippen molar-refractivity contribution in [3.8, 4) is 5.75 Å². The Morgan fingerprint density at radius 3 is 2.58 bits per heavy atom. The number of amides is 1. The van der Waals surface area contributed by atoms with E-state index in [-0.39, 0.29) is 11.5 Å². The predicted molar refractivity (Wildman–Crippen MR) is 131 cm³/mol. The van der Waals surface area contributed by atoms with Crippen LogP contribution in [0, 0.1) is 0 Å². The molecule has 1 saturated heterocycles. The average molecular weight is 459 g/mol. The quantitative estimate of drug-likeness (QED) is 0.467. The van der Waals surface area contributed by atoms with Crippen LogP contribution in [-0.2, 0) is 11.4 Å². The van der Waals surface area contributed by atoms with Gasteiger partial charge in [0.25, 0.3) is 5.91 Å². The van der Waals surface area contributed by atoms with Gasteiger partial charge in [0, 0.05) is 12.1 Å². The van der Waals surface area contributed by atoms with Crippen molar-refractivity contribution < 1.29 is 19.4 Å². The molecular weight excluding hydrogens is 436 g/mol. The molecule has 1 heterocycles. The van der Waals surface area contributed by atoms with Gasteiger partial charge in [0.1, 0.15) is 12.4 Å². The van der Waals surface area contributed by atoms with Gasteiger partial charge in [0.15, 0.2) is 5.17 Å². The van der Waals surface area contributed by atoms with Gasteiger partial charge in [-0.2, -0.15) is 0 Å². The van der Waals surface area contributed by atoms with Crippen LogP contribution in [0.5, 0.6) is 5.75 Å². The van der Waals surface area contributed by atoms with Crippen LogP contribution >= 0.6 is 11.8 Å². The van der Waals surface area contributed by atoms with Crippen LogP contribution in [0.3, 0.4) is 0 Å². The van der Waals surface area contributed by atoms with E-state index in [9.17, 15) is 14.7 Å². The number of carboxylic acid groups (broad SMARTS) is 1. The molecule has 166 valence electrons. The lowest BCUT2D eigenvalue weighted by atomic mass is 10.1. The van der Waals surface area contributed by atoms with Crippen LogP contribution in [0.25, 0.3) is 6.08 Å². The van der Waals surface area contributed by atoms with E-state index in [1.807, 2.05) is 67.6 Å². The minimum Gasteiger partial charge on any atom is -0.488 e. The maximum atomic E-state index is 13.0. The van der Waals surface area contributed by atoms with E-state index in [1.54, 1.807) is 17.0 Å². The molecule has 0 spiro atoms. The van der Waals surface area contributed by atoms with Crippen molar-refractivity contribution in [3.63, 3.8) is 0 Å². The van der Waals surface area contributed by atoms with Gasteiger partial charge in [0.2, 0.25) is 0 Å². The van der Waals surface area contributed by atoms with Crippen molar-refractivity contribution >= 4 is 40.6 Å². The standard InChI is InChI=1S/C26H22N2O4S/c1-2-28-24(29)23(33-26(28)27-21-13-8-12-20(15-21)25(30)31)16-19-11-6-7-14-22(19)32-17-18-9-4-3-5-10-18/h3-16H,2,17H2,1H3,(H,30,31)/b23-16-,27-26?. The number of aliphatic imine (C=N–C) groups is 1. The summed E-state index contributed by atoms with van der Waals surface area (Å²) in [5.41, 5.74) is 2.49. The minimum absolute atomic E-state index is 0.145. The van der Waals surface area contributed by atoms with Crippen LogP contribution in [0.1, 0.15) is 28.4 Å². The third-order valence-corrected chi connectivity index (χ3v) is 5.97. The largest absolute Gasteiger partial charge is 0.488 e. The number of likely N-dealkylation sites (N-methyl/N-ethyl adjacent to an activating group) is 1. The lowest BCUT2D eigenvalue weighted by Crippen LogP contribution is -2.28. The molecular formula is C26H22N2O4S. The number of para-hydroxylation sites is 1. The van der Waals surface area contributed by atoms with Gasteiger partial charge in [-0.05, 0) is 54.6 Å². The molecule has 3 aromatic carbocycles. The fourth-order valence-electron chi connectivity index (χ4n) is 3.30. The van der Waals surface area contributed by atoms with Crippen LogP contribution in [0.4, 0.5) is 5.69 Å². The number of aromatic carboxylic acids is 1. The van der Waals surface area contributed by atoms with E-state index < -0.39 is 5.97 Å². The summed E-state index contributed by atoms with van der Waals surface area (Å²) in [5.74, 6) is -0.481. The molecule has 0 unspecified atom stereocenters. The second-order valence-corrected chi connectivity index (χ2v) is 8.23. The first kappa shape index (κ1) is 22.4. The number of hydrogen-bond acceptors (Lipinski definition) is 5. The average Bonchev–Trinajstić information content (AvgIpc) is 3.12. The zero-order valence-electron chi connectivity index (χ0n) is 18.0. The summed E-state index contributed by atoms with van der Waals surface area (Å²) >= 11 is 1.26. The zero-order chi connectivity index (χ0) is 23.2. The Kier molecular flexibility index (Phi) is 6.90. The first-order chi connectivity index (χ1) is 16.0. The fraction of sp³-hybridized carbons (Fsp3) is 0.115. The molecule has 33 heavy (non-hydrogen) atoms. The summed E-state index contributed by atoms with van der Waals surface area (Å²) in [7, 11) is 0. The Hall–Kier alpha value is -3.84. The number of rotatable bonds is 7. The van der Waals surface area contributed by atoms with Crippen molar-refractivity contribution in [1.82, 2.24) is 4.90 Å². The second-order valence-electron chi connectivity index (χ2n) is 7.22. The Morgan fingerprint density at radius 1 is 1.06 bits per heavy atom. The number of amidine groups is 1. The van der Waals surface area contributed by atoms with Crippen molar-refractivity contribution in [2.24, 2.45) is 4.99 Å². The van der Waals surface area contributed by atoms with Crippen LogP contribution < -0.4 is 4.74 Å². The smallest absolute Gasteiger partial charge is 0.335 e. The van der Waals surface area contributed by atoms with Crippen molar-refractivity contribution in [2.45, 2.75) is 13.5 Å². The van der Waals surface area contributed by atoms with Crippen LogP contribution in [-0.4, -0.2) is 33.6 Å². The van der Waals surface area contributed by atoms with E-state index in [0.29, 0.717) is 34.7 Å². The van der Waals surface area contributed by atoms with Crippen molar-refractivity contribution in [2.75, 3.05) is 6.54 Å². The first-order valence-corrected chi connectivity index (χ1v) is 11.3. The molecule has 3 aromatic rings. The molecule has 1 amide bonds. The highest BCUT2D eigenvalue weighted by Crippen LogP contribution is 2.35. The molecule has 4 rings (SSSR count). The number of benzene rings is 3. The lowest BCUT2D eigenvalue weighted by Gasteiger charge is -2.12. The Bertz CT molecular complexity index is 1240. The molecule has 0 bridgehead atoms. The molecule has 0 saturated carbocycles. The number of ether oxygens (including phenoxy) is 1. The molecule has 7 heteroatoms. The van der Waals surface area contributed by atoms with Gasteiger partial charge in [-0.15, -0.1) is 0 Å². The second kappa shape index (κ2) is 10.2. The van der Waals surface area contributed by atoms with Gasteiger partial charge < -0.3 is 9.84 Å². The van der Waals surface area contributed by atoms with E-state index in [2.05, 4.69) is 4.99 Å². The Labute approximate surface area is 196 Å². The predicted octanol–water partition coefficient (Wildman–Crippen LogP) is 5.59. The molecule has 0 aliphatic carbocycles. The monoisotopic (exact) mass is 458 g/mol. The summed E-state index contributed by atoms with van der Waals surface area (Å²) in [6.07, 6.45) is 1.81. The molecule has 1 aliphatic heterocycles. The van der Waals surface area contributed by atoms with Gasteiger partial charge in [-0.25, -0.2) is 9.79 Å². The normalized spacial score (nSPS) is 15.9. The van der Waals surface area contributed by atoms with Crippen molar-refractivity contribution in [1.29, 1.82) is 0 Å². The molecule has 0 radical (unpaired) electrons. The zero-order valence-corrected chi connectivity index (χ0v) is 18.8. The van der Waals surface area contributed by atoms with Crippen LogP contribution in [0.15, 0.2) is 88.8 Å². The first-order valence-electron chi connectivity index (χ1n) is 10.4. The highest BCUT2D eigenvalue weighted by molar-refractivity contribution is 8.18. The van der Waals surface area contributed by atoms with Gasteiger partial charge in [-0.1, -0.05) is 54.6 Å². The Balaban J connectivity index is 1.60. The summed E-state index contributed by atoms with van der Waals surface area (Å²) < 4.78 is 6.02. The number of carbonyl (C=O) groups excluding carboxylic acids is 1. The number of carboxylic acids is 1. The van der Waals surface area contributed by atoms with Crippen molar-refractivity contribution in [3.05, 3.63) is 100 Å². The molecule has 1 fully saturated rings. The number of carbonyl (C=O) groups is 2. The van der Waals surface area contributed by atoms with E-state index in [0.717, 1.165) is 11.1 Å². The number of hydrogen-bond donors (Lipinski definition) is 1. The summed E-state index contributed by atoms with van der Waals surface area (Å²) in [5, 5.41) is 9.73. The topological polar surface area (TPSA) is 79.2 Å². The lowest BCUT2D eigenvalue weighted by molar-refractivity contribution is -0.122. The molecule has 1 aliphatic rings. The fourth-order valence-corrected chi connectivity index (χ4v) is 4.35. The molecule has 0 aromatic heterocycles. The van der Waals surface area contributed by atoms with E-state index in [1.165, 1.54) is 23.9 Å². The maximum absolute atomic E-state index is 13.0. The third kappa shape index (κ3) is 5.32. The van der Waals surface area contributed by atoms with Gasteiger partial charge in [0.05, 0.1) is 16.2 Å².